The van der Waals surface area contributed by atoms with Crippen LogP contribution in [0.25, 0.3) is 0 Å². The zero-order chi connectivity index (χ0) is 32.3. The first kappa shape index (κ1) is 34.4. The molecule has 0 aromatic heterocycles. The Balaban J connectivity index is 1.10. The second-order valence-corrected chi connectivity index (χ2v) is 12.2. The number of esters is 2. The molecule has 4 aromatic rings. The van der Waals surface area contributed by atoms with E-state index in [0.717, 1.165) is 68.2 Å². The van der Waals surface area contributed by atoms with Gasteiger partial charge >= 0.3 is 11.9 Å². The summed E-state index contributed by atoms with van der Waals surface area (Å²) >= 11 is 6.05. The molecule has 0 unspecified atom stereocenters. The fourth-order valence-corrected chi connectivity index (χ4v) is 5.20. The molecule has 0 radical (unpaired) electrons. The molecule has 0 aliphatic heterocycles. The van der Waals surface area contributed by atoms with E-state index in [0.29, 0.717) is 12.8 Å². The van der Waals surface area contributed by atoms with Crippen molar-refractivity contribution in [3.63, 3.8) is 0 Å². The van der Waals surface area contributed by atoms with E-state index in [4.69, 9.17) is 9.47 Å². The van der Waals surface area contributed by atoms with Gasteiger partial charge in [-0.25, -0.2) is 27.2 Å². The van der Waals surface area contributed by atoms with E-state index in [1.807, 2.05) is 0 Å². The Morgan fingerprint density at radius 2 is 0.867 bits per heavy atom. The minimum Gasteiger partial charge on any atom is -0.423 e. The smallest absolute Gasteiger partial charge is 0.346 e. The second-order valence-electron chi connectivity index (χ2n) is 10.5. The Morgan fingerprint density at radius 1 is 0.489 bits per heavy atom. The Hall–Kier alpha value is -3.50. The summed E-state index contributed by atoms with van der Waals surface area (Å²) in [5.41, 5.74) is 1.15. The van der Waals surface area contributed by atoms with E-state index in [1.165, 1.54) is 48.5 Å². The van der Waals surface area contributed by atoms with Crippen LogP contribution >= 0.6 is 31.9 Å². The molecule has 0 aliphatic rings. The maximum Gasteiger partial charge on any atom is 0.346 e. The monoisotopic (exact) mass is 748 g/mol. The molecule has 10 heteroatoms. The van der Waals surface area contributed by atoms with Crippen molar-refractivity contribution >= 4 is 43.8 Å². The summed E-state index contributed by atoms with van der Waals surface area (Å²) in [6, 6.07) is 16.6. The number of ether oxygens (including phenoxy) is 2. The normalized spacial score (nSPS) is 11.0. The summed E-state index contributed by atoms with van der Waals surface area (Å²) in [6.07, 6.45) is 8.20. The van der Waals surface area contributed by atoms with Crippen molar-refractivity contribution in [2.45, 2.75) is 57.8 Å². The maximum atomic E-state index is 14.6. The molecule has 0 spiro atoms. The van der Waals surface area contributed by atoms with Crippen molar-refractivity contribution in [2.24, 2.45) is 0 Å². The van der Waals surface area contributed by atoms with Gasteiger partial charge in [-0.15, -0.1) is 0 Å². The highest BCUT2D eigenvalue weighted by Gasteiger charge is 2.17. The molecule has 0 saturated carbocycles. The minimum absolute atomic E-state index is 0.00972. The molecule has 0 atom stereocenters. The first-order valence-electron chi connectivity index (χ1n) is 14.5. The Morgan fingerprint density at radius 3 is 1.22 bits per heavy atom. The van der Waals surface area contributed by atoms with Crippen LogP contribution in [0.1, 0.15) is 76.8 Å². The van der Waals surface area contributed by atoms with E-state index in [-0.39, 0.29) is 31.6 Å². The number of aryl methyl sites for hydroxylation is 2. The Kier molecular flexibility index (Phi) is 12.8. The lowest BCUT2D eigenvalue weighted by Crippen LogP contribution is -2.11. The SMILES string of the molecule is O=C(Oc1ccc(Br)c(F)c1)c1ccc(CCCCCCCCCc2ccc(C(=O)Oc3ccc(Br)c(F)c3)c(F)c2)cc1F. The summed E-state index contributed by atoms with van der Waals surface area (Å²) < 4.78 is 67.1. The van der Waals surface area contributed by atoms with Gasteiger partial charge in [0.25, 0.3) is 0 Å². The lowest BCUT2D eigenvalue weighted by molar-refractivity contribution is 0.0719. The Labute approximate surface area is 276 Å². The quantitative estimate of drug-likeness (QED) is 0.0557. The van der Waals surface area contributed by atoms with E-state index in [9.17, 15) is 27.2 Å². The zero-order valence-corrected chi connectivity index (χ0v) is 27.4. The maximum absolute atomic E-state index is 14.6. The summed E-state index contributed by atoms with van der Waals surface area (Å²) in [6.45, 7) is 0. The number of hydrogen-bond acceptors (Lipinski definition) is 4. The molecule has 0 aliphatic carbocycles. The van der Waals surface area contributed by atoms with Gasteiger partial charge in [0.1, 0.15) is 34.8 Å². The summed E-state index contributed by atoms with van der Waals surface area (Å²) in [5.74, 6) is -4.33. The first-order chi connectivity index (χ1) is 21.6. The lowest BCUT2D eigenvalue weighted by atomic mass is 10.0. The summed E-state index contributed by atoms with van der Waals surface area (Å²) in [7, 11) is 0. The van der Waals surface area contributed by atoms with E-state index >= 15 is 0 Å². The van der Waals surface area contributed by atoms with Gasteiger partial charge in [0.05, 0.1) is 20.1 Å². The van der Waals surface area contributed by atoms with Gasteiger partial charge < -0.3 is 9.47 Å². The third-order valence-electron chi connectivity index (χ3n) is 7.14. The molecule has 4 aromatic carbocycles. The van der Waals surface area contributed by atoms with Crippen molar-refractivity contribution < 1.29 is 36.6 Å². The first-order valence-corrected chi connectivity index (χ1v) is 16.1. The van der Waals surface area contributed by atoms with Crippen LogP contribution in [0.15, 0.2) is 81.7 Å². The van der Waals surface area contributed by atoms with Crippen molar-refractivity contribution in [3.05, 3.63) is 127 Å². The third kappa shape index (κ3) is 10.3. The lowest BCUT2D eigenvalue weighted by Gasteiger charge is -2.08. The molecular weight excluding hydrogens is 720 g/mol. The van der Waals surface area contributed by atoms with Gasteiger partial charge in [-0.05, 0) is 117 Å². The molecule has 236 valence electrons. The van der Waals surface area contributed by atoms with Crippen LogP contribution in [0.2, 0.25) is 0 Å². The average molecular weight is 750 g/mol. The molecule has 4 nitrogen and oxygen atoms in total. The number of carbonyl (C=O) groups excluding carboxylic acids is 2. The highest BCUT2D eigenvalue weighted by atomic mass is 79.9. The van der Waals surface area contributed by atoms with Gasteiger partial charge in [-0.3, -0.25) is 0 Å². The van der Waals surface area contributed by atoms with Gasteiger partial charge in [-0.2, -0.15) is 0 Å². The van der Waals surface area contributed by atoms with Gasteiger partial charge in [0.2, 0.25) is 0 Å². The number of rotatable bonds is 14. The van der Waals surface area contributed by atoms with Gasteiger partial charge in [0, 0.05) is 12.1 Å². The van der Waals surface area contributed by atoms with Crippen LogP contribution in [0.3, 0.4) is 0 Å². The van der Waals surface area contributed by atoms with Gasteiger partial charge in [-0.1, -0.05) is 44.2 Å². The predicted molar refractivity (Wildman–Crippen MR) is 171 cm³/mol. The molecule has 45 heavy (non-hydrogen) atoms. The largest absolute Gasteiger partial charge is 0.423 e. The van der Waals surface area contributed by atoms with Crippen LogP contribution in [-0.4, -0.2) is 11.9 Å². The van der Waals surface area contributed by atoms with Crippen molar-refractivity contribution in [3.8, 4) is 11.5 Å². The van der Waals surface area contributed by atoms with Crippen LogP contribution in [0.4, 0.5) is 17.6 Å². The van der Waals surface area contributed by atoms with E-state index < -0.39 is 35.2 Å². The average Bonchev–Trinajstić information content (AvgIpc) is 3.00. The number of halogens is 6. The van der Waals surface area contributed by atoms with Crippen LogP contribution in [0.5, 0.6) is 11.5 Å². The van der Waals surface area contributed by atoms with Crippen molar-refractivity contribution in [1.29, 1.82) is 0 Å². The third-order valence-corrected chi connectivity index (χ3v) is 8.43. The van der Waals surface area contributed by atoms with Crippen molar-refractivity contribution in [2.75, 3.05) is 0 Å². The fraction of sp³-hybridized carbons (Fsp3) is 0.257. The molecule has 0 saturated heterocycles. The molecule has 0 bridgehead atoms. The molecule has 0 fully saturated rings. The summed E-state index contributed by atoms with van der Waals surface area (Å²) in [5, 5.41) is 0. The second kappa shape index (κ2) is 16.7. The molecule has 0 N–H and O–H groups in total. The molecule has 4 rings (SSSR count). The number of benzene rings is 4. The standard InChI is InChI=1S/C35H30Br2F4O4/c36-28-16-12-24(20-32(28)40)44-34(42)26-14-10-22(18-30(26)38)8-6-4-2-1-3-5-7-9-23-11-15-27(31(39)19-23)35(43)45-25-13-17-29(37)33(41)21-25/h10-21H,1-9H2. The minimum atomic E-state index is -0.890. The highest BCUT2D eigenvalue weighted by molar-refractivity contribution is 9.10. The topological polar surface area (TPSA) is 52.6 Å². The van der Waals surface area contributed by atoms with E-state index in [2.05, 4.69) is 31.9 Å². The fourth-order valence-electron chi connectivity index (χ4n) is 4.71. The predicted octanol–water partition coefficient (Wildman–Crippen LogP) is 10.7. The number of hydrogen-bond donors (Lipinski definition) is 0. The van der Waals surface area contributed by atoms with Crippen LogP contribution in [0, 0.1) is 23.3 Å². The molecule has 0 amide bonds. The summed E-state index contributed by atoms with van der Waals surface area (Å²) in [4.78, 5) is 24.6. The van der Waals surface area contributed by atoms with Crippen molar-refractivity contribution in [1.82, 2.24) is 0 Å². The number of carbonyl (C=O) groups is 2. The molecule has 0 heterocycles. The van der Waals surface area contributed by atoms with Gasteiger partial charge in [0.15, 0.2) is 0 Å². The highest BCUT2D eigenvalue weighted by Crippen LogP contribution is 2.24. The molecular formula is C35H30Br2F4O4. The van der Waals surface area contributed by atoms with E-state index in [1.54, 1.807) is 12.1 Å². The Bertz CT molecular complexity index is 1540. The number of unbranched alkanes of at least 4 members (excludes halogenated alkanes) is 6. The zero-order valence-electron chi connectivity index (χ0n) is 24.2. The van der Waals surface area contributed by atoms with Crippen LogP contribution in [-0.2, 0) is 12.8 Å². The van der Waals surface area contributed by atoms with Crippen LogP contribution < -0.4 is 9.47 Å².